The number of aromatic amines is 1. The number of hydrogen-bond acceptors (Lipinski definition) is 6. The Morgan fingerprint density at radius 1 is 1.69 bits per heavy atom. The number of nitrogen functional groups attached to an aromatic ring is 1. The van der Waals surface area contributed by atoms with Crippen molar-refractivity contribution in [2.24, 2.45) is 0 Å². The molecule has 2 aromatic rings. The van der Waals surface area contributed by atoms with Crippen molar-refractivity contribution in [2.45, 2.75) is 13.5 Å². The Bertz CT molecular complexity index is 502. The molecule has 0 saturated carbocycles. The molecule has 0 fully saturated rings. The summed E-state index contributed by atoms with van der Waals surface area (Å²) >= 11 is 0. The molecule has 0 saturated heterocycles. The molecule has 0 aliphatic carbocycles. The molecule has 84 valence electrons. The summed E-state index contributed by atoms with van der Waals surface area (Å²) in [5, 5.41) is 12.3. The van der Waals surface area contributed by atoms with E-state index in [0.717, 1.165) is 0 Å². The first-order valence-electron chi connectivity index (χ1n) is 4.53. The van der Waals surface area contributed by atoms with Crippen LogP contribution in [0.15, 0.2) is 10.7 Å². The van der Waals surface area contributed by atoms with E-state index in [-0.39, 0.29) is 18.1 Å². The number of H-pyrrole nitrogens is 1. The zero-order valence-corrected chi connectivity index (χ0v) is 8.52. The largest absolute Gasteiger partial charge is 0.396 e. The second-order valence-corrected chi connectivity index (χ2v) is 3.12. The molecule has 8 nitrogen and oxygen atoms in total. The molecule has 2 rings (SSSR count). The number of aromatic nitrogens is 4. The minimum absolute atomic E-state index is 0.151. The van der Waals surface area contributed by atoms with E-state index in [2.05, 4.69) is 25.7 Å². The molecule has 0 unspecified atom stereocenters. The standard InChI is InChI=1S/C8H10N6O2/c1-4-12-6(16-14-4)3-10-8(15)7-5(9)2-11-13-7/h2H,3,9H2,1H3,(H,10,15)(H,11,13). The minimum atomic E-state index is -0.370. The van der Waals surface area contributed by atoms with Gasteiger partial charge in [0.05, 0.1) is 18.4 Å². The molecule has 0 aromatic carbocycles. The van der Waals surface area contributed by atoms with Gasteiger partial charge in [-0.2, -0.15) is 10.1 Å². The Labute approximate surface area is 90.2 Å². The first-order valence-corrected chi connectivity index (χ1v) is 4.53. The highest BCUT2D eigenvalue weighted by molar-refractivity contribution is 5.96. The van der Waals surface area contributed by atoms with Gasteiger partial charge in [-0.15, -0.1) is 0 Å². The summed E-state index contributed by atoms with van der Waals surface area (Å²) in [7, 11) is 0. The third kappa shape index (κ3) is 2.00. The summed E-state index contributed by atoms with van der Waals surface area (Å²) in [6.07, 6.45) is 1.37. The number of rotatable bonds is 3. The van der Waals surface area contributed by atoms with Gasteiger partial charge in [-0.1, -0.05) is 5.16 Å². The average Bonchev–Trinajstić information content (AvgIpc) is 2.84. The molecule has 0 aliphatic heterocycles. The summed E-state index contributed by atoms with van der Waals surface area (Å²) in [5.74, 6) is 0.486. The number of hydrogen-bond donors (Lipinski definition) is 3. The quantitative estimate of drug-likeness (QED) is 0.650. The van der Waals surface area contributed by atoms with E-state index in [1.54, 1.807) is 6.92 Å². The number of aryl methyl sites for hydroxylation is 1. The van der Waals surface area contributed by atoms with Gasteiger partial charge in [0.15, 0.2) is 5.82 Å². The Hall–Kier alpha value is -2.38. The van der Waals surface area contributed by atoms with Gasteiger partial charge < -0.3 is 15.6 Å². The van der Waals surface area contributed by atoms with Gasteiger partial charge in [-0.25, -0.2) is 0 Å². The highest BCUT2D eigenvalue weighted by atomic mass is 16.5. The molecule has 2 heterocycles. The number of nitrogens with two attached hydrogens (primary N) is 1. The molecular weight excluding hydrogens is 212 g/mol. The van der Waals surface area contributed by atoms with E-state index in [1.165, 1.54) is 6.20 Å². The summed E-state index contributed by atoms with van der Waals surface area (Å²) in [4.78, 5) is 15.5. The minimum Gasteiger partial charge on any atom is -0.396 e. The maximum absolute atomic E-state index is 11.6. The SMILES string of the molecule is Cc1noc(CNC(=O)c2[nH]ncc2N)n1. The van der Waals surface area contributed by atoms with Crippen LogP contribution in [0.5, 0.6) is 0 Å². The van der Waals surface area contributed by atoms with Crippen LogP contribution in [0.2, 0.25) is 0 Å². The summed E-state index contributed by atoms with van der Waals surface area (Å²) in [6.45, 7) is 1.85. The van der Waals surface area contributed by atoms with E-state index in [9.17, 15) is 4.79 Å². The molecule has 1 amide bonds. The van der Waals surface area contributed by atoms with Gasteiger partial charge in [0.2, 0.25) is 5.89 Å². The van der Waals surface area contributed by atoms with Crippen LogP contribution in [0, 0.1) is 6.92 Å². The van der Waals surface area contributed by atoms with E-state index >= 15 is 0 Å². The van der Waals surface area contributed by atoms with Gasteiger partial charge in [-0.05, 0) is 6.92 Å². The third-order valence-electron chi connectivity index (χ3n) is 1.87. The summed E-state index contributed by atoms with van der Waals surface area (Å²) in [5.41, 5.74) is 6.02. The van der Waals surface area contributed by atoms with Crippen LogP contribution < -0.4 is 11.1 Å². The number of nitrogens with one attached hydrogen (secondary N) is 2. The monoisotopic (exact) mass is 222 g/mol. The number of anilines is 1. The fourth-order valence-electron chi connectivity index (χ4n) is 1.13. The van der Waals surface area contributed by atoms with E-state index in [1.807, 2.05) is 0 Å². The second-order valence-electron chi connectivity index (χ2n) is 3.12. The lowest BCUT2D eigenvalue weighted by molar-refractivity contribution is 0.0942. The molecule has 0 bridgehead atoms. The predicted octanol–water partition coefficient (Wildman–Crippen LogP) is -0.387. The smallest absolute Gasteiger partial charge is 0.271 e. The second kappa shape index (κ2) is 4.01. The molecular formula is C8H10N6O2. The van der Waals surface area contributed by atoms with Crippen molar-refractivity contribution in [2.75, 3.05) is 5.73 Å². The fraction of sp³-hybridized carbons (Fsp3) is 0.250. The molecule has 2 aromatic heterocycles. The van der Waals surface area contributed by atoms with Crippen LogP contribution >= 0.6 is 0 Å². The van der Waals surface area contributed by atoms with Gasteiger partial charge >= 0.3 is 0 Å². The molecule has 8 heteroatoms. The molecule has 0 atom stereocenters. The fourth-order valence-corrected chi connectivity index (χ4v) is 1.13. The Morgan fingerprint density at radius 2 is 2.50 bits per heavy atom. The maximum atomic E-state index is 11.6. The van der Waals surface area contributed by atoms with Gasteiger partial charge in [0.25, 0.3) is 5.91 Å². The maximum Gasteiger partial charge on any atom is 0.271 e. The van der Waals surface area contributed by atoms with Crippen LogP contribution in [0.4, 0.5) is 5.69 Å². The Morgan fingerprint density at radius 3 is 3.06 bits per heavy atom. The highest BCUT2D eigenvalue weighted by Crippen LogP contribution is 2.05. The zero-order chi connectivity index (χ0) is 11.5. The summed E-state index contributed by atoms with van der Waals surface area (Å²) < 4.78 is 4.83. The first-order chi connectivity index (χ1) is 7.66. The number of carbonyl (C=O) groups is 1. The van der Waals surface area contributed by atoms with Crippen LogP contribution in [-0.2, 0) is 6.54 Å². The van der Waals surface area contributed by atoms with E-state index < -0.39 is 0 Å². The summed E-state index contributed by atoms with van der Waals surface area (Å²) in [6, 6.07) is 0. The predicted molar refractivity (Wildman–Crippen MR) is 53.2 cm³/mol. The topological polar surface area (TPSA) is 123 Å². The molecule has 16 heavy (non-hydrogen) atoms. The lowest BCUT2D eigenvalue weighted by Crippen LogP contribution is -2.24. The van der Waals surface area contributed by atoms with Crippen molar-refractivity contribution in [3.05, 3.63) is 23.6 Å². The van der Waals surface area contributed by atoms with Crippen LogP contribution in [-0.4, -0.2) is 26.2 Å². The zero-order valence-electron chi connectivity index (χ0n) is 8.52. The van der Waals surface area contributed by atoms with Gasteiger partial charge in [0, 0.05) is 0 Å². The van der Waals surface area contributed by atoms with Crippen molar-refractivity contribution >= 4 is 11.6 Å². The van der Waals surface area contributed by atoms with Crippen molar-refractivity contribution < 1.29 is 9.32 Å². The molecule has 0 spiro atoms. The normalized spacial score (nSPS) is 10.3. The first kappa shape index (κ1) is 10.1. The lowest BCUT2D eigenvalue weighted by atomic mass is 10.3. The average molecular weight is 222 g/mol. The van der Waals surface area contributed by atoms with Crippen LogP contribution in [0.3, 0.4) is 0 Å². The van der Waals surface area contributed by atoms with Gasteiger partial charge in [-0.3, -0.25) is 9.89 Å². The van der Waals surface area contributed by atoms with Crippen molar-refractivity contribution in [3.63, 3.8) is 0 Å². The van der Waals surface area contributed by atoms with Crippen LogP contribution in [0.1, 0.15) is 22.2 Å². The Balaban J connectivity index is 1.96. The molecule has 4 N–H and O–H groups in total. The number of nitrogens with zero attached hydrogens (tertiary/aromatic N) is 3. The molecule has 0 radical (unpaired) electrons. The van der Waals surface area contributed by atoms with E-state index in [4.69, 9.17) is 10.3 Å². The van der Waals surface area contributed by atoms with Crippen molar-refractivity contribution in [1.82, 2.24) is 25.7 Å². The number of carbonyl (C=O) groups excluding carboxylic acids is 1. The Kier molecular flexibility index (Phi) is 2.54. The van der Waals surface area contributed by atoms with Crippen LogP contribution in [0.25, 0.3) is 0 Å². The number of amides is 1. The van der Waals surface area contributed by atoms with Gasteiger partial charge in [0.1, 0.15) is 5.69 Å². The van der Waals surface area contributed by atoms with Crippen molar-refractivity contribution in [3.8, 4) is 0 Å². The van der Waals surface area contributed by atoms with E-state index in [0.29, 0.717) is 17.4 Å². The highest BCUT2D eigenvalue weighted by Gasteiger charge is 2.12. The van der Waals surface area contributed by atoms with Crippen molar-refractivity contribution in [1.29, 1.82) is 0 Å². The lowest BCUT2D eigenvalue weighted by Gasteiger charge is -1.99. The molecule has 0 aliphatic rings. The third-order valence-corrected chi connectivity index (χ3v) is 1.87.